The molecule has 0 radical (unpaired) electrons. The van der Waals surface area contributed by atoms with Crippen molar-refractivity contribution in [3.05, 3.63) is 69.7 Å². The normalized spacial score (nSPS) is 16.3. The number of fused-ring (bicyclic) bond motifs is 1. The fourth-order valence-electron chi connectivity index (χ4n) is 2.50. The molecule has 0 spiro atoms. The molecule has 1 aliphatic rings. The predicted molar refractivity (Wildman–Crippen MR) is 90.6 cm³/mol. The number of benzene rings is 2. The van der Waals surface area contributed by atoms with Crippen LogP contribution in [0, 0.1) is 0 Å². The largest absolute Gasteiger partial charge is 0.481 e. The van der Waals surface area contributed by atoms with Crippen LogP contribution in [0.2, 0.25) is 0 Å². The number of hydrogen-bond acceptors (Lipinski definition) is 2. The summed E-state index contributed by atoms with van der Waals surface area (Å²) in [5.74, 6) is 0.802. The topological polar surface area (TPSA) is 38.3 Å². The Bertz CT molecular complexity index is 725. The molecule has 4 heteroatoms. The van der Waals surface area contributed by atoms with Crippen LogP contribution in [0.15, 0.2) is 58.6 Å². The third-order valence-electron chi connectivity index (χ3n) is 3.54. The van der Waals surface area contributed by atoms with E-state index < -0.39 is 0 Å². The lowest BCUT2D eigenvalue weighted by Crippen LogP contribution is -2.27. The van der Waals surface area contributed by atoms with E-state index in [9.17, 15) is 4.79 Å². The van der Waals surface area contributed by atoms with Gasteiger partial charge in [-0.05, 0) is 35.4 Å². The maximum absolute atomic E-state index is 11.2. The summed E-state index contributed by atoms with van der Waals surface area (Å²) in [5, 5.41) is 2.86. The van der Waals surface area contributed by atoms with E-state index in [2.05, 4.69) is 27.3 Å². The van der Waals surface area contributed by atoms with E-state index in [0.29, 0.717) is 6.54 Å². The van der Waals surface area contributed by atoms with Gasteiger partial charge in [0.15, 0.2) is 0 Å². The quantitative estimate of drug-likeness (QED) is 0.897. The van der Waals surface area contributed by atoms with Crippen molar-refractivity contribution >= 4 is 27.9 Å². The smallest absolute Gasteiger partial charge is 0.217 e. The van der Waals surface area contributed by atoms with Gasteiger partial charge in [0.25, 0.3) is 0 Å². The first kappa shape index (κ1) is 14.9. The average molecular weight is 358 g/mol. The van der Waals surface area contributed by atoms with Crippen LogP contribution in [0.1, 0.15) is 24.2 Å². The van der Waals surface area contributed by atoms with E-state index in [1.807, 2.05) is 48.5 Å². The zero-order valence-electron chi connectivity index (χ0n) is 12.2. The van der Waals surface area contributed by atoms with Crippen LogP contribution >= 0.6 is 15.9 Å². The maximum atomic E-state index is 11.2. The molecule has 0 aliphatic carbocycles. The highest BCUT2D eigenvalue weighted by Crippen LogP contribution is 2.38. The van der Waals surface area contributed by atoms with Gasteiger partial charge in [-0.25, -0.2) is 0 Å². The molecule has 3 rings (SSSR count). The van der Waals surface area contributed by atoms with Crippen LogP contribution in [0.5, 0.6) is 5.75 Å². The lowest BCUT2D eigenvalue weighted by molar-refractivity contribution is -0.118. The Morgan fingerprint density at radius 2 is 2.00 bits per heavy atom. The molecular weight excluding hydrogens is 342 g/mol. The number of ether oxygens (including phenoxy) is 1. The average Bonchev–Trinajstić information content (AvgIpc) is 2.52. The molecule has 2 aromatic carbocycles. The molecule has 0 aromatic heterocycles. The molecule has 1 amide bonds. The molecule has 1 N–H and O–H groups in total. The minimum absolute atomic E-state index is 0.0484. The molecule has 0 bridgehead atoms. The molecule has 3 nitrogen and oxygen atoms in total. The lowest BCUT2D eigenvalue weighted by atomic mass is 9.96. The fraction of sp³-hybridized carbons (Fsp3) is 0.167. The molecule has 1 aliphatic heterocycles. The Morgan fingerprint density at radius 1 is 1.23 bits per heavy atom. The molecule has 0 fully saturated rings. The maximum Gasteiger partial charge on any atom is 0.217 e. The number of amides is 1. The highest BCUT2D eigenvalue weighted by molar-refractivity contribution is 9.10. The summed E-state index contributed by atoms with van der Waals surface area (Å²) in [6.45, 7) is 1.99. The Labute approximate surface area is 138 Å². The summed E-state index contributed by atoms with van der Waals surface area (Å²) in [6, 6.07) is 16.0. The molecule has 112 valence electrons. The van der Waals surface area contributed by atoms with Gasteiger partial charge < -0.3 is 10.1 Å². The van der Waals surface area contributed by atoms with Crippen LogP contribution in [0.25, 0.3) is 6.08 Å². The number of rotatable bonds is 3. The highest BCUT2D eigenvalue weighted by Gasteiger charge is 2.24. The zero-order valence-corrected chi connectivity index (χ0v) is 13.8. The number of carbonyl (C=O) groups is 1. The molecule has 22 heavy (non-hydrogen) atoms. The molecular formula is C18H16BrNO2. The summed E-state index contributed by atoms with van der Waals surface area (Å²) in [6.07, 6.45) is 1.92. The van der Waals surface area contributed by atoms with Crippen molar-refractivity contribution < 1.29 is 9.53 Å². The summed E-state index contributed by atoms with van der Waals surface area (Å²) in [5.41, 5.74) is 3.13. The van der Waals surface area contributed by atoms with E-state index in [1.54, 1.807) is 0 Å². The second-order valence-corrected chi connectivity index (χ2v) is 6.14. The summed E-state index contributed by atoms with van der Waals surface area (Å²) < 4.78 is 7.18. The molecule has 1 heterocycles. The molecule has 1 atom stereocenters. The number of halogens is 1. The summed E-state index contributed by atoms with van der Waals surface area (Å²) >= 11 is 3.48. The third kappa shape index (κ3) is 3.22. The first-order chi connectivity index (χ1) is 10.6. The minimum atomic E-state index is -0.179. The first-order valence-electron chi connectivity index (χ1n) is 7.09. The van der Waals surface area contributed by atoms with Gasteiger partial charge in [0.1, 0.15) is 11.9 Å². The van der Waals surface area contributed by atoms with Gasteiger partial charge in [0.2, 0.25) is 5.91 Å². The van der Waals surface area contributed by atoms with Gasteiger partial charge in [0.05, 0.1) is 0 Å². The third-order valence-corrected chi connectivity index (χ3v) is 4.03. The van der Waals surface area contributed by atoms with Crippen molar-refractivity contribution in [1.82, 2.24) is 5.32 Å². The predicted octanol–water partition coefficient (Wildman–Crippen LogP) is 4.10. The summed E-state index contributed by atoms with van der Waals surface area (Å²) in [7, 11) is 0. The van der Waals surface area contributed by atoms with Gasteiger partial charge in [0, 0.05) is 23.5 Å². The summed E-state index contributed by atoms with van der Waals surface area (Å²) in [4.78, 5) is 11.2. The van der Waals surface area contributed by atoms with Gasteiger partial charge in [-0.15, -0.1) is 0 Å². The molecule has 0 saturated heterocycles. The Morgan fingerprint density at radius 3 is 2.73 bits per heavy atom. The van der Waals surface area contributed by atoms with Gasteiger partial charge in [-0.2, -0.15) is 0 Å². The van der Waals surface area contributed by atoms with E-state index in [1.165, 1.54) is 6.92 Å². The van der Waals surface area contributed by atoms with E-state index in [-0.39, 0.29) is 12.0 Å². The van der Waals surface area contributed by atoms with Crippen LogP contribution in [-0.2, 0) is 4.79 Å². The highest BCUT2D eigenvalue weighted by atomic mass is 79.9. The van der Waals surface area contributed by atoms with Crippen molar-refractivity contribution in [3.63, 3.8) is 0 Å². The number of carbonyl (C=O) groups excluding carboxylic acids is 1. The fourth-order valence-corrected chi connectivity index (χ4v) is 2.88. The Hall–Kier alpha value is -2.07. The minimum Gasteiger partial charge on any atom is -0.481 e. The van der Waals surface area contributed by atoms with Gasteiger partial charge in [-0.1, -0.05) is 46.3 Å². The Kier molecular flexibility index (Phi) is 4.29. The van der Waals surface area contributed by atoms with Crippen molar-refractivity contribution in [3.8, 4) is 5.75 Å². The second-order valence-electron chi connectivity index (χ2n) is 5.22. The van der Waals surface area contributed by atoms with Crippen LogP contribution in [0.4, 0.5) is 0 Å². The van der Waals surface area contributed by atoms with E-state index in [0.717, 1.165) is 26.9 Å². The van der Waals surface area contributed by atoms with Gasteiger partial charge >= 0.3 is 0 Å². The van der Waals surface area contributed by atoms with E-state index in [4.69, 9.17) is 4.74 Å². The molecule has 0 saturated carbocycles. The van der Waals surface area contributed by atoms with Gasteiger partial charge in [-0.3, -0.25) is 4.79 Å². The molecule has 2 aromatic rings. The van der Waals surface area contributed by atoms with Crippen molar-refractivity contribution in [2.45, 2.75) is 13.0 Å². The van der Waals surface area contributed by atoms with E-state index >= 15 is 0 Å². The van der Waals surface area contributed by atoms with Crippen molar-refractivity contribution in [1.29, 1.82) is 0 Å². The zero-order chi connectivity index (χ0) is 15.5. The van der Waals surface area contributed by atoms with Crippen LogP contribution < -0.4 is 10.1 Å². The number of hydrogen-bond donors (Lipinski definition) is 1. The molecule has 1 unspecified atom stereocenters. The SMILES string of the molecule is CC(=O)NCC1=Cc2cc(Br)ccc2OC1c1ccccc1. The first-order valence-corrected chi connectivity index (χ1v) is 7.89. The Balaban J connectivity index is 1.99. The van der Waals surface area contributed by atoms with Crippen LogP contribution in [0.3, 0.4) is 0 Å². The van der Waals surface area contributed by atoms with Crippen LogP contribution in [-0.4, -0.2) is 12.5 Å². The standard InChI is InChI=1S/C18H16BrNO2/c1-12(21)20-11-15-9-14-10-16(19)7-8-17(14)22-18(15)13-5-3-2-4-6-13/h2-10,18H,11H2,1H3,(H,20,21). The number of nitrogens with one attached hydrogen (secondary N) is 1. The second kappa shape index (κ2) is 6.36. The monoisotopic (exact) mass is 357 g/mol. The van der Waals surface area contributed by atoms with Crippen molar-refractivity contribution in [2.75, 3.05) is 6.54 Å². The van der Waals surface area contributed by atoms with Crippen molar-refractivity contribution in [2.24, 2.45) is 0 Å². The lowest BCUT2D eigenvalue weighted by Gasteiger charge is -2.28.